The Bertz CT molecular complexity index is 533. The first-order valence-electron chi connectivity index (χ1n) is 6.97. The topological polar surface area (TPSA) is 71.9 Å². The lowest BCUT2D eigenvalue weighted by molar-refractivity contribution is -0.146. The van der Waals surface area contributed by atoms with E-state index in [4.69, 9.17) is 9.47 Å². The van der Waals surface area contributed by atoms with Crippen LogP contribution in [0.4, 0.5) is 0 Å². The van der Waals surface area contributed by atoms with Crippen molar-refractivity contribution >= 4 is 5.97 Å². The number of aliphatic hydroxyl groups excluding tert-OH is 1. The molecule has 1 fully saturated rings. The third-order valence-electron chi connectivity index (χ3n) is 3.96. The molecule has 0 aliphatic carbocycles. The van der Waals surface area contributed by atoms with E-state index in [1.807, 2.05) is 18.7 Å². The van der Waals surface area contributed by atoms with E-state index in [9.17, 15) is 9.90 Å². The van der Waals surface area contributed by atoms with Crippen LogP contribution in [0.5, 0.6) is 5.75 Å². The lowest BCUT2D eigenvalue weighted by Gasteiger charge is -2.23. The summed E-state index contributed by atoms with van der Waals surface area (Å²) in [5, 5.41) is 9.81. The number of pyridine rings is 1. The predicted molar refractivity (Wildman–Crippen MR) is 77.1 cm³/mol. The minimum Gasteiger partial charge on any atom is -0.496 e. The Labute approximate surface area is 124 Å². The van der Waals surface area contributed by atoms with Crippen molar-refractivity contribution in [3.8, 4) is 5.75 Å². The number of methoxy groups -OCH3 is 2. The van der Waals surface area contributed by atoms with Gasteiger partial charge in [-0.05, 0) is 13.8 Å². The number of likely N-dealkylation sites (tertiary alicyclic amines) is 1. The van der Waals surface area contributed by atoms with Crippen LogP contribution >= 0.6 is 0 Å². The highest BCUT2D eigenvalue weighted by atomic mass is 16.5. The monoisotopic (exact) mass is 294 g/mol. The molecule has 21 heavy (non-hydrogen) atoms. The van der Waals surface area contributed by atoms with E-state index < -0.39 is 12.1 Å². The van der Waals surface area contributed by atoms with E-state index in [0.29, 0.717) is 19.5 Å². The van der Waals surface area contributed by atoms with Crippen molar-refractivity contribution in [2.24, 2.45) is 0 Å². The Morgan fingerprint density at radius 2 is 2.19 bits per heavy atom. The largest absolute Gasteiger partial charge is 0.496 e. The Hall–Kier alpha value is -1.66. The fourth-order valence-corrected chi connectivity index (χ4v) is 2.86. The zero-order chi connectivity index (χ0) is 15.6. The van der Waals surface area contributed by atoms with Gasteiger partial charge in [0.15, 0.2) is 0 Å². The van der Waals surface area contributed by atoms with Gasteiger partial charge in [-0.1, -0.05) is 0 Å². The second-order valence-corrected chi connectivity index (χ2v) is 5.40. The summed E-state index contributed by atoms with van der Waals surface area (Å²) in [6.45, 7) is 4.82. The van der Waals surface area contributed by atoms with Crippen molar-refractivity contribution in [3.63, 3.8) is 0 Å². The molecular weight excluding hydrogens is 272 g/mol. The maximum atomic E-state index is 11.8. The molecule has 116 valence electrons. The summed E-state index contributed by atoms with van der Waals surface area (Å²) in [7, 11) is 3.00. The molecule has 6 nitrogen and oxygen atoms in total. The van der Waals surface area contributed by atoms with E-state index in [1.165, 1.54) is 7.11 Å². The predicted octanol–water partition coefficient (Wildman–Crippen LogP) is 0.815. The van der Waals surface area contributed by atoms with E-state index in [2.05, 4.69) is 4.98 Å². The molecule has 1 saturated heterocycles. The molecule has 1 aromatic rings. The van der Waals surface area contributed by atoms with Crippen LogP contribution in [0.2, 0.25) is 0 Å². The molecule has 2 heterocycles. The summed E-state index contributed by atoms with van der Waals surface area (Å²) in [5.74, 6) is 0.498. The average Bonchev–Trinajstić information content (AvgIpc) is 2.82. The van der Waals surface area contributed by atoms with Gasteiger partial charge < -0.3 is 14.6 Å². The van der Waals surface area contributed by atoms with Crippen LogP contribution in [0, 0.1) is 13.8 Å². The number of aryl methyl sites for hydroxylation is 1. The number of carbonyl (C=O) groups is 1. The number of hydrogen-bond acceptors (Lipinski definition) is 6. The zero-order valence-electron chi connectivity index (χ0n) is 12.9. The van der Waals surface area contributed by atoms with Crippen LogP contribution in [0.15, 0.2) is 6.20 Å². The number of esters is 1. The maximum Gasteiger partial charge on any atom is 0.323 e. The van der Waals surface area contributed by atoms with Gasteiger partial charge in [0.25, 0.3) is 0 Å². The van der Waals surface area contributed by atoms with Gasteiger partial charge in [-0.3, -0.25) is 14.7 Å². The van der Waals surface area contributed by atoms with Crippen LogP contribution in [0.25, 0.3) is 0 Å². The second-order valence-electron chi connectivity index (χ2n) is 5.40. The molecule has 2 rings (SSSR count). The van der Waals surface area contributed by atoms with Crippen LogP contribution in [-0.2, 0) is 16.1 Å². The van der Waals surface area contributed by atoms with Gasteiger partial charge in [-0.25, -0.2) is 0 Å². The van der Waals surface area contributed by atoms with Gasteiger partial charge in [0.05, 0.1) is 26.0 Å². The normalized spacial score (nSPS) is 22.3. The summed E-state index contributed by atoms with van der Waals surface area (Å²) < 4.78 is 10.2. The fourth-order valence-electron chi connectivity index (χ4n) is 2.86. The number of aliphatic hydroxyl groups is 1. The molecule has 0 amide bonds. The van der Waals surface area contributed by atoms with Crippen LogP contribution in [-0.4, -0.2) is 53.9 Å². The smallest absolute Gasteiger partial charge is 0.323 e. The number of aromatic nitrogens is 1. The van der Waals surface area contributed by atoms with E-state index in [1.54, 1.807) is 13.3 Å². The molecule has 0 unspecified atom stereocenters. The molecule has 2 atom stereocenters. The molecule has 1 aliphatic heterocycles. The van der Waals surface area contributed by atoms with Crippen molar-refractivity contribution in [3.05, 3.63) is 23.0 Å². The first-order valence-corrected chi connectivity index (χ1v) is 6.97. The third-order valence-corrected chi connectivity index (χ3v) is 3.96. The van der Waals surface area contributed by atoms with Gasteiger partial charge in [-0.2, -0.15) is 0 Å². The molecule has 6 heteroatoms. The number of hydrogen-bond donors (Lipinski definition) is 1. The van der Waals surface area contributed by atoms with Crippen LogP contribution in [0.1, 0.15) is 23.2 Å². The SMILES string of the molecule is COC(=O)[C@@H]1C[C@@H](O)CN1Cc1ncc(C)c(OC)c1C. The first kappa shape index (κ1) is 15.7. The standard InChI is InChI=1S/C15H22N2O4/c1-9-6-16-12(10(2)14(9)20-3)8-17-7-11(18)5-13(17)15(19)21-4/h6,11,13,18H,5,7-8H2,1-4H3/t11-,13+/m1/s1. The highest BCUT2D eigenvalue weighted by Gasteiger charge is 2.37. The van der Waals surface area contributed by atoms with Crippen LogP contribution < -0.4 is 4.74 Å². The minimum atomic E-state index is -0.512. The third kappa shape index (κ3) is 3.16. The summed E-state index contributed by atoms with van der Waals surface area (Å²) in [4.78, 5) is 18.1. The molecule has 1 aromatic heterocycles. The van der Waals surface area contributed by atoms with Gasteiger partial charge >= 0.3 is 5.97 Å². The summed E-state index contributed by atoms with van der Waals surface area (Å²) in [5.41, 5.74) is 2.78. The van der Waals surface area contributed by atoms with E-state index in [0.717, 1.165) is 22.6 Å². The Morgan fingerprint density at radius 3 is 2.81 bits per heavy atom. The highest BCUT2D eigenvalue weighted by Crippen LogP contribution is 2.27. The number of ether oxygens (including phenoxy) is 2. The van der Waals surface area contributed by atoms with Gasteiger partial charge in [0.2, 0.25) is 0 Å². The van der Waals surface area contributed by atoms with Crippen molar-refractivity contribution in [2.45, 2.75) is 39.0 Å². The molecule has 1 aliphatic rings. The summed E-state index contributed by atoms with van der Waals surface area (Å²) in [6.07, 6.45) is 1.65. The second kappa shape index (κ2) is 6.41. The van der Waals surface area contributed by atoms with Crippen molar-refractivity contribution in [1.29, 1.82) is 0 Å². The number of nitrogens with zero attached hydrogens (tertiary/aromatic N) is 2. The van der Waals surface area contributed by atoms with Crippen molar-refractivity contribution in [1.82, 2.24) is 9.88 Å². The van der Waals surface area contributed by atoms with Gasteiger partial charge in [-0.15, -0.1) is 0 Å². The van der Waals surface area contributed by atoms with Crippen LogP contribution in [0.3, 0.4) is 0 Å². The molecular formula is C15H22N2O4. The lowest BCUT2D eigenvalue weighted by Crippen LogP contribution is -2.36. The first-order chi connectivity index (χ1) is 9.97. The highest BCUT2D eigenvalue weighted by molar-refractivity contribution is 5.76. The van der Waals surface area contributed by atoms with Gasteiger partial charge in [0, 0.05) is 36.8 Å². The summed E-state index contributed by atoms with van der Waals surface area (Å²) >= 11 is 0. The molecule has 0 spiro atoms. The molecule has 0 radical (unpaired) electrons. The van der Waals surface area contributed by atoms with Crippen molar-refractivity contribution < 1.29 is 19.4 Å². The Kier molecular flexibility index (Phi) is 4.80. The number of β-amino-alcohol motifs (C(OH)–C–C–N with tert-alkyl or cyclic N) is 1. The minimum absolute atomic E-state index is 0.316. The number of rotatable bonds is 4. The maximum absolute atomic E-state index is 11.8. The lowest BCUT2D eigenvalue weighted by atomic mass is 10.1. The summed E-state index contributed by atoms with van der Waals surface area (Å²) in [6, 6.07) is -0.418. The fraction of sp³-hybridized carbons (Fsp3) is 0.600. The molecule has 1 N–H and O–H groups in total. The van der Waals surface area contributed by atoms with Crippen molar-refractivity contribution in [2.75, 3.05) is 20.8 Å². The Balaban J connectivity index is 2.23. The quantitative estimate of drug-likeness (QED) is 0.829. The molecule has 0 saturated carbocycles. The number of carbonyl (C=O) groups excluding carboxylic acids is 1. The van der Waals surface area contributed by atoms with Gasteiger partial charge in [0.1, 0.15) is 11.8 Å². The molecule has 0 bridgehead atoms. The Morgan fingerprint density at radius 1 is 1.48 bits per heavy atom. The average molecular weight is 294 g/mol. The van der Waals surface area contributed by atoms with E-state index >= 15 is 0 Å². The van der Waals surface area contributed by atoms with E-state index in [-0.39, 0.29) is 5.97 Å². The zero-order valence-corrected chi connectivity index (χ0v) is 12.9. The molecule has 0 aromatic carbocycles.